The second-order valence-electron chi connectivity index (χ2n) is 3.52. The zero-order valence-corrected chi connectivity index (χ0v) is 12.3. The van der Waals surface area contributed by atoms with Gasteiger partial charge < -0.3 is 15.2 Å². The monoisotopic (exact) mass is 376 g/mol. The van der Waals surface area contributed by atoms with E-state index in [2.05, 4.69) is 10.6 Å². The van der Waals surface area contributed by atoms with E-state index in [0.717, 1.165) is 5.56 Å². The van der Waals surface area contributed by atoms with E-state index < -0.39 is 0 Å². The van der Waals surface area contributed by atoms with Crippen molar-refractivity contribution in [2.24, 2.45) is 0 Å². The quantitative estimate of drug-likeness (QED) is 0.413. The van der Waals surface area contributed by atoms with Gasteiger partial charge in [-0.3, -0.25) is 10.1 Å². The van der Waals surface area contributed by atoms with Crippen molar-refractivity contribution in [2.75, 3.05) is 7.11 Å². The van der Waals surface area contributed by atoms with Gasteiger partial charge in [0, 0.05) is 0 Å². The molecule has 1 aromatic rings. The Labute approximate surface area is 122 Å². The Balaban J connectivity index is 2.41. The first-order chi connectivity index (χ1) is 8.51. The molecule has 0 aliphatic carbocycles. The fourth-order valence-electron chi connectivity index (χ4n) is 1.48. The van der Waals surface area contributed by atoms with Gasteiger partial charge in [0.05, 0.1) is 10.7 Å². The van der Waals surface area contributed by atoms with E-state index in [4.69, 9.17) is 17.0 Å². The summed E-state index contributed by atoms with van der Waals surface area (Å²) in [6.45, 7) is 0. The second kappa shape index (κ2) is 5.11. The minimum Gasteiger partial charge on any atom is -0.504 e. The van der Waals surface area contributed by atoms with Gasteiger partial charge in [-0.25, -0.2) is 0 Å². The molecule has 0 unspecified atom stereocenters. The van der Waals surface area contributed by atoms with Crippen LogP contribution in [-0.4, -0.2) is 23.2 Å². The second-order valence-corrected chi connectivity index (χ2v) is 5.09. The van der Waals surface area contributed by atoms with Crippen molar-refractivity contribution in [2.45, 2.75) is 0 Å². The maximum absolute atomic E-state index is 11.5. The molecule has 1 heterocycles. The van der Waals surface area contributed by atoms with Gasteiger partial charge in [-0.05, 0) is 58.6 Å². The number of benzene rings is 1. The number of thiocarbonyl (C=S) groups is 1. The molecule has 0 bridgehead atoms. The summed E-state index contributed by atoms with van der Waals surface area (Å²) in [6, 6.07) is 3.38. The van der Waals surface area contributed by atoms with Crippen molar-refractivity contribution >= 4 is 51.9 Å². The lowest BCUT2D eigenvalue weighted by atomic mass is 10.1. The maximum Gasteiger partial charge on any atom is 0.273 e. The highest BCUT2D eigenvalue weighted by molar-refractivity contribution is 14.1. The number of phenolic OH excluding ortho intramolecular Hbond substituents is 1. The Bertz CT molecular complexity index is 572. The number of nitrogens with one attached hydrogen (secondary N) is 2. The number of carbonyl (C=O) groups is 1. The third-order valence-electron chi connectivity index (χ3n) is 2.30. The summed E-state index contributed by atoms with van der Waals surface area (Å²) in [6.07, 6.45) is 1.64. The summed E-state index contributed by atoms with van der Waals surface area (Å²) in [7, 11) is 1.47. The van der Waals surface area contributed by atoms with Crippen LogP contribution in [0.4, 0.5) is 0 Å². The van der Waals surface area contributed by atoms with E-state index in [1.807, 2.05) is 22.6 Å². The van der Waals surface area contributed by atoms with Crippen LogP contribution in [-0.2, 0) is 4.79 Å². The van der Waals surface area contributed by atoms with Crippen molar-refractivity contribution in [1.82, 2.24) is 10.6 Å². The molecule has 7 heteroatoms. The normalized spacial score (nSPS) is 16.7. The zero-order valence-electron chi connectivity index (χ0n) is 9.28. The van der Waals surface area contributed by atoms with Gasteiger partial charge in [0.25, 0.3) is 5.91 Å². The lowest BCUT2D eigenvalue weighted by Gasteiger charge is -2.07. The molecule has 0 radical (unpaired) electrons. The number of ether oxygens (including phenoxy) is 1. The molecule has 2 rings (SSSR count). The van der Waals surface area contributed by atoms with Gasteiger partial charge in [0.15, 0.2) is 16.6 Å². The number of rotatable bonds is 2. The lowest BCUT2D eigenvalue weighted by molar-refractivity contribution is -0.115. The molecule has 18 heavy (non-hydrogen) atoms. The van der Waals surface area contributed by atoms with Crippen LogP contribution in [0.2, 0.25) is 0 Å². The standard InChI is InChI=1S/C11H9IN2O3S/c1-17-8-4-5(2-6(12)9(8)15)3-7-10(16)14-11(18)13-7/h2-4,15H,1H3,(H2,13,14,16,18)/b7-3-. The number of halogens is 1. The van der Waals surface area contributed by atoms with E-state index in [1.54, 1.807) is 18.2 Å². The molecule has 0 aromatic heterocycles. The SMILES string of the molecule is COc1cc(/C=C2\NC(=S)NC2=O)cc(I)c1O. The lowest BCUT2D eigenvalue weighted by Crippen LogP contribution is -2.21. The van der Waals surface area contributed by atoms with Crippen LogP contribution in [0.1, 0.15) is 5.56 Å². The zero-order chi connectivity index (χ0) is 13.3. The van der Waals surface area contributed by atoms with Gasteiger partial charge >= 0.3 is 0 Å². The summed E-state index contributed by atoms with van der Waals surface area (Å²) in [5.74, 6) is 0.163. The molecule has 0 saturated carbocycles. The Morgan fingerprint density at radius 2 is 2.17 bits per heavy atom. The highest BCUT2D eigenvalue weighted by Crippen LogP contribution is 2.33. The number of phenols is 1. The summed E-state index contributed by atoms with van der Waals surface area (Å²) in [5, 5.41) is 15.2. The largest absolute Gasteiger partial charge is 0.504 e. The fraction of sp³-hybridized carbons (Fsp3) is 0.0909. The molecule has 1 aromatic carbocycles. The number of methoxy groups -OCH3 is 1. The first-order valence-corrected chi connectivity index (χ1v) is 6.40. The Morgan fingerprint density at radius 1 is 1.44 bits per heavy atom. The Hall–Kier alpha value is -1.35. The smallest absolute Gasteiger partial charge is 0.273 e. The van der Waals surface area contributed by atoms with Crippen molar-refractivity contribution < 1.29 is 14.6 Å². The van der Waals surface area contributed by atoms with Gasteiger partial charge in [0.2, 0.25) is 0 Å². The molecule has 3 N–H and O–H groups in total. The van der Waals surface area contributed by atoms with Gasteiger partial charge in [-0.15, -0.1) is 0 Å². The highest BCUT2D eigenvalue weighted by Gasteiger charge is 2.20. The summed E-state index contributed by atoms with van der Waals surface area (Å²) < 4.78 is 5.69. The van der Waals surface area contributed by atoms with Gasteiger partial charge in [-0.2, -0.15) is 0 Å². The van der Waals surface area contributed by atoms with Crippen LogP contribution >= 0.6 is 34.8 Å². The first kappa shape index (κ1) is 13.1. The third-order valence-corrected chi connectivity index (χ3v) is 3.33. The molecule has 1 saturated heterocycles. The number of carbonyl (C=O) groups excluding carboxylic acids is 1. The topological polar surface area (TPSA) is 70.6 Å². The highest BCUT2D eigenvalue weighted by atomic mass is 127. The molecule has 0 spiro atoms. The number of hydrogen-bond donors (Lipinski definition) is 3. The van der Waals surface area contributed by atoms with E-state index >= 15 is 0 Å². The molecular weight excluding hydrogens is 367 g/mol. The van der Waals surface area contributed by atoms with Gasteiger partial charge in [0.1, 0.15) is 5.70 Å². The minimum absolute atomic E-state index is 0.0830. The number of hydrogen-bond acceptors (Lipinski definition) is 4. The van der Waals surface area contributed by atoms with Crippen LogP contribution in [0.15, 0.2) is 17.8 Å². The van der Waals surface area contributed by atoms with Crippen LogP contribution in [0.3, 0.4) is 0 Å². The Morgan fingerprint density at radius 3 is 2.72 bits per heavy atom. The fourth-order valence-corrected chi connectivity index (χ4v) is 2.31. The first-order valence-electron chi connectivity index (χ1n) is 4.92. The van der Waals surface area contributed by atoms with Crippen molar-refractivity contribution in [1.29, 1.82) is 0 Å². The number of amides is 1. The summed E-state index contributed by atoms with van der Waals surface area (Å²) in [5.41, 5.74) is 1.10. The molecular formula is C11H9IN2O3S. The third kappa shape index (κ3) is 2.56. The van der Waals surface area contributed by atoms with Crippen molar-refractivity contribution in [3.8, 4) is 11.5 Å². The predicted octanol–water partition coefficient (Wildman–Crippen LogP) is 1.35. The molecule has 5 nitrogen and oxygen atoms in total. The van der Waals surface area contributed by atoms with Gasteiger partial charge in [-0.1, -0.05) is 0 Å². The molecule has 1 fully saturated rings. The van der Waals surface area contributed by atoms with Crippen LogP contribution in [0, 0.1) is 3.57 Å². The predicted molar refractivity (Wildman–Crippen MR) is 79.2 cm³/mol. The van der Waals surface area contributed by atoms with E-state index in [-0.39, 0.29) is 16.8 Å². The van der Waals surface area contributed by atoms with Crippen LogP contribution in [0.25, 0.3) is 6.08 Å². The van der Waals surface area contributed by atoms with Crippen LogP contribution < -0.4 is 15.4 Å². The van der Waals surface area contributed by atoms with E-state index in [1.165, 1.54) is 7.11 Å². The van der Waals surface area contributed by atoms with Crippen molar-refractivity contribution in [3.63, 3.8) is 0 Å². The average molecular weight is 376 g/mol. The molecule has 94 valence electrons. The maximum atomic E-state index is 11.5. The molecule has 1 aliphatic rings. The molecule has 0 atom stereocenters. The summed E-state index contributed by atoms with van der Waals surface area (Å²) >= 11 is 6.82. The molecule has 1 aliphatic heterocycles. The Kier molecular flexibility index (Phi) is 3.71. The minimum atomic E-state index is -0.276. The average Bonchev–Trinajstić information content (AvgIpc) is 2.62. The van der Waals surface area contributed by atoms with E-state index in [0.29, 0.717) is 15.0 Å². The van der Waals surface area contributed by atoms with Crippen LogP contribution in [0.5, 0.6) is 11.5 Å². The number of aromatic hydroxyl groups is 1. The van der Waals surface area contributed by atoms with E-state index in [9.17, 15) is 9.90 Å². The summed E-state index contributed by atoms with van der Waals surface area (Å²) in [4.78, 5) is 11.5. The molecule has 1 amide bonds. The van der Waals surface area contributed by atoms with Crippen molar-refractivity contribution in [3.05, 3.63) is 27.0 Å².